The van der Waals surface area contributed by atoms with Crippen LogP contribution in [0.2, 0.25) is 0 Å². The number of aliphatic hydroxyl groups is 2. The molecule has 0 aromatic rings. The molecule has 1 spiro atoms. The Morgan fingerprint density at radius 3 is 2.12 bits per heavy atom. The molecule has 2 aliphatic rings. The highest BCUT2D eigenvalue weighted by atomic mass is 19.4. The SMILES string of the molecule is CC(C)(C)[C@H](NC(=O)C(F)(F)F)C(=O)N1CC2(CCCC2)C[C@H]1C(O)O. The van der Waals surface area contributed by atoms with Gasteiger partial charge in [0.05, 0.1) is 6.04 Å². The molecule has 1 heterocycles. The molecule has 150 valence electrons. The van der Waals surface area contributed by atoms with E-state index in [0.29, 0.717) is 6.42 Å². The van der Waals surface area contributed by atoms with Crippen LogP contribution in [-0.2, 0) is 9.59 Å². The summed E-state index contributed by atoms with van der Waals surface area (Å²) >= 11 is 0. The van der Waals surface area contributed by atoms with Crippen molar-refractivity contribution in [3.05, 3.63) is 0 Å². The third kappa shape index (κ3) is 4.31. The first-order valence-electron chi connectivity index (χ1n) is 8.81. The maximum atomic E-state index is 13.0. The van der Waals surface area contributed by atoms with Crippen molar-refractivity contribution in [3.63, 3.8) is 0 Å². The van der Waals surface area contributed by atoms with Gasteiger partial charge in [0, 0.05) is 6.54 Å². The van der Waals surface area contributed by atoms with E-state index in [-0.39, 0.29) is 12.0 Å². The molecule has 2 rings (SSSR count). The number of likely N-dealkylation sites (tertiary alicyclic amines) is 1. The van der Waals surface area contributed by atoms with E-state index in [0.717, 1.165) is 25.7 Å². The fraction of sp³-hybridized carbons (Fsp3) is 0.882. The predicted molar refractivity (Wildman–Crippen MR) is 86.7 cm³/mol. The highest BCUT2D eigenvalue weighted by Crippen LogP contribution is 2.48. The summed E-state index contributed by atoms with van der Waals surface area (Å²) < 4.78 is 38.0. The molecule has 0 unspecified atom stereocenters. The van der Waals surface area contributed by atoms with Crippen LogP contribution in [0.15, 0.2) is 0 Å². The van der Waals surface area contributed by atoms with E-state index in [2.05, 4.69) is 0 Å². The zero-order valence-electron chi connectivity index (χ0n) is 15.3. The van der Waals surface area contributed by atoms with Gasteiger partial charge in [-0.1, -0.05) is 33.6 Å². The number of amides is 2. The van der Waals surface area contributed by atoms with Gasteiger partial charge in [-0.3, -0.25) is 9.59 Å². The fourth-order valence-corrected chi connectivity index (χ4v) is 4.12. The summed E-state index contributed by atoms with van der Waals surface area (Å²) in [6.45, 7) is 4.93. The van der Waals surface area contributed by atoms with Gasteiger partial charge in [0.2, 0.25) is 5.91 Å². The van der Waals surface area contributed by atoms with Crippen molar-refractivity contribution in [2.24, 2.45) is 10.8 Å². The lowest BCUT2D eigenvalue weighted by atomic mass is 9.84. The summed E-state index contributed by atoms with van der Waals surface area (Å²) in [6, 6.07) is -2.30. The molecule has 2 atom stereocenters. The first kappa shape index (κ1) is 21.0. The number of carbonyl (C=O) groups excluding carboxylic acids is 2. The normalized spacial score (nSPS) is 24.3. The monoisotopic (exact) mass is 380 g/mol. The second-order valence-corrected chi connectivity index (χ2v) is 8.63. The molecule has 1 aliphatic carbocycles. The van der Waals surface area contributed by atoms with Crippen LogP contribution in [0.1, 0.15) is 52.9 Å². The molecule has 9 heteroatoms. The van der Waals surface area contributed by atoms with Crippen LogP contribution in [0.25, 0.3) is 0 Å². The van der Waals surface area contributed by atoms with E-state index in [1.54, 1.807) is 26.1 Å². The third-order valence-electron chi connectivity index (χ3n) is 5.49. The largest absolute Gasteiger partial charge is 0.471 e. The van der Waals surface area contributed by atoms with Gasteiger partial charge in [-0.25, -0.2) is 0 Å². The van der Waals surface area contributed by atoms with Gasteiger partial charge in [-0.15, -0.1) is 0 Å². The number of aliphatic hydroxyl groups excluding tert-OH is 1. The van der Waals surface area contributed by atoms with E-state index in [9.17, 15) is 33.0 Å². The number of halogens is 3. The first-order chi connectivity index (χ1) is 11.8. The molecule has 1 saturated carbocycles. The molecular formula is C17H27F3N2O4. The predicted octanol–water partition coefficient (Wildman–Crippen LogP) is 1.55. The minimum Gasteiger partial charge on any atom is -0.366 e. The summed E-state index contributed by atoms with van der Waals surface area (Å²) in [5.41, 5.74) is -1.20. The Hall–Kier alpha value is -1.35. The molecule has 2 amide bonds. The zero-order chi connectivity index (χ0) is 19.9. The number of nitrogens with one attached hydrogen (secondary N) is 1. The average molecular weight is 380 g/mol. The number of carbonyl (C=O) groups is 2. The summed E-state index contributed by atoms with van der Waals surface area (Å²) in [7, 11) is 0. The van der Waals surface area contributed by atoms with Crippen molar-refractivity contribution in [1.82, 2.24) is 10.2 Å². The molecule has 2 fully saturated rings. The second kappa shape index (κ2) is 6.99. The van der Waals surface area contributed by atoms with Gasteiger partial charge in [0.15, 0.2) is 6.29 Å². The van der Waals surface area contributed by atoms with Crippen LogP contribution in [0.4, 0.5) is 13.2 Å². The first-order valence-corrected chi connectivity index (χ1v) is 8.81. The molecule has 1 saturated heterocycles. The number of nitrogens with zero attached hydrogens (tertiary/aromatic N) is 1. The van der Waals surface area contributed by atoms with Gasteiger partial charge in [-0.2, -0.15) is 13.2 Å². The molecule has 0 aromatic carbocycles. The minimum absolute atomic E-state index is 0.222. The summed E-state index contributed by atoms with van der Waals surface area (Å²) in [6.07, 6.45) is -2.84. The van der Waals surface area contributed by atoms with Gasteiger partial charge in [0.25, 0.3) is 0 Å². The quantitative estimate of drug-likeness (QED) is 0.648. The molecule has 0 aromatic heterocycles. The molecule has 0 bridgehead atoms. The lowest BCUT2D eigenvalue weighted by Gasteiger charge is -2.36. The van der Waals surface area contributed by atoms with Crippen LogP contribution in [0.5, 0.6) is 0 Å². The Morgan fingerprint density at radius 2 is 1.69 bits per heavy atom. The van der Waals surface area contributed by atoms with E-state index < -0.39 is 41.8 Å². The van der Waals surface area contributed by atoms with Crippen molar-refractivity contribution in [1.29, 1.82) is 0 Å². The molecular weight excluding hydrogens is 353 g/mol. The molecule has 3 N–H and O–H groups in total. The average Bonchev–Trinajstić information content (AvgIpc) is 3.09. The van der Waals surface area contributed by atoms with Crippen molar-refractivity contribution >= 4 is 11.8 Å². The van der Waals surface area contributed by atoms with Gasteiger partial charge in [0.1, 0.15) is 6.04 Å². The summed E-state index contributed by atoms with van der Waals surface area (Å²) in [5, 5.41) is 21.2. The van der Waals surface area contributed by atoms with Crippen LogP contribution in [-0.4, -0.2) is 58.0 Å². The minimum atomic E-state index is -5.10. The number of hydrogen-bond donors (Lipinski definition) is 3. The van der Waals surface area contributed by atoms with E-state index in [1.807, 2.05) is 0 Å². The van der Waals surface area contributed by atoms with Crippen LogP contribution >= 0.6 is 0 Å². The van der Waals surface area contributed by atoms with Crippen molar-refractivity contribution < 1.29 is 33.0 Å². The van der Waals surface area contributed by atoms with Crippen LogP contribution in [0, 0.1) is 10.8 Å². The van der Waals surface area contributed by atoms with Crippen LogP contribution in [0.3, 0.4) is 0 Å². The smallest absolute Gasteiger partial charge is 0.366 e. The molecule has 1 aliphatic heterocycles. The second-order valence-electron chi connectivity index (χ2n) is 8.63. The van der Waals surface area contributed by atoms with Crippen molar-refractivity contribution in [2.45, 2.75) is 77.4 Å². The maximum Gasteiger partial charge on any atom is 0.471 e. The van der Waals surface area contributed by atoms with E-state index in [1.165, 1.54) is 4.90 Å². The lowest BCUT2D eigenvalue weighted by Crippen LogP contribution is -2.59. The standard InChI is InChI=1S/C17H27F3N2O4/c1-15(2,3)11(21-14(26)17(18,19)20)12(23)22-9-16(6-4-5-7-16)8-10(22)13(24)25/h10-11,13,24-25H,4-9H2,1-3H3,(H,21,26)/t10-,11+/m0/s1. The van der Waals surface area contributed by atoms with Crippen LogP contribution < -0.4 is 5.32 Å². The van der Waals surface area contributed by atoms with E-state index in [4.69, 9.17) is 0 Å². The molecule has 6 nitrogen and oxygen atoms in total. The Morgan fingerprint density at radius 1 is 1.15 bits per heavy atom. The highest BCUT2D eigenvalue weighted by molar-refractivity contribution is 5.90. The Balaban J connectivity index is 2.27. The van der Waals surface area contributed by atoms with Crippen molar-refractivity contribution in [3.8, 4) is 0 Å². The Bertz CT molecular complexity index is 551. The van der Waals surface area contributed by atoms with Gasteiger partial charge in [-0.05, 0) is 30.1 Å². The summed E-state index contributed by atoms with van der Waals surface area (Å²) in [5.74, 6) is -2.89. The lowest BCUT2D eigenvalue weighted by molar-refractivity contribution is -0.176. The van der Waals surface area contributed by atoms with E-state index >= 15 is 0 Å². The van der Waals surface area contributed by atoms with Gasteiger partial charge < -0.3 is 20.4 Å². The maximum absolute atomic E-state index is 13.0. The highest BCUT2D eigenvalue weighted by Gasteiger charge is 2.52. The fourth-order valence-electron chi connectivity index (χ4n) is 4.12. The Kier molecular flexibility index (Phi) is 5.64. The zero-order valence-corrected chi connectivity index (χ0v) is 15.3. The summed E-state index contributed by atoms with van der Waals surface area (Å²) in [4.78, 5) is 25.7. The number of alkyl halides is 3. The number of rotatable bonds is 3. The molecule has 26 heavy (non-hydrogen) atoms. The Labute approximate surface area is 150 Å². The number of hydrogen-bond acceptors (Lipinski definition) is 4. The third-order valence-corrected chi connectivity index (χ3v) is 5.49. The van der Waals surface area contributed by atoms with Gasteiger partial charge >= 0.3 is 12.1 Å². The molecule has 0 radical (unpaired) electrons. The van der Waals surface area contributed by atoms with Crippen molar-refractivity contribution in [2.75, 3.05) is 6.54 Å². The topological polar surface area (TPSA) is 89.9 Å².